The minimum atomic E-state index is -0.367. The van der Waals surface area contributed by atoms with E-state index < -0.39 is 0 Å². The van der Waals surface area contributed by atoms with Crippen molar-refractivity contribution in [2.24, 2.45) is 11.8 Å². The first-order valence-corrected chi connectivity index (χ1v) is 8.51. The molecular weight excluding hydrogens is 178 g/mol. The number of unbranched alkanes of at least 4 members (excludes halogenated alkanes) is 1. The van der Waals surface area contributed by atoms with E-state index in [1.165, 1.54) is 12.8 Å². The molecule has 0 amide bonds. The van der Waals surface area contributed by atoms with Crippen molar-refractivity contribution in [1.82, 2.24) is 0 Å². The Hall–Kier alpha value is 1.13. The van der Waals surface area contributed by atoms with Crippen LogP contribution in [0.1, 0.15) is 47.5 Å². The normalized spacial score (nSPS) is 10.5. The summed E-state index contributed by atoms with van der Waals surface area (Å²) in [7, 11) is 0. The monoisotopic (exact) mass is 206 g/mol. The SMILES string of the molecule is CCC[CH2][Al]([CH2]C(C)C)[CH2]C(C)C.[LiH]. The van der Waals surface area contributed by atoms with Crippen molar-refractivity contribution in [3.63, 3.8) is 0 Å². The van der Waals surface area contributed by atoms with E-state index in [-0.39, 0.29) is 33.0 Å². The molecule has 14 heavy (non-hydrogen) atoms. The Morgan fingerprint density at radius 1 is 0.929 bits per heavy atom. The summed E-state index contributed by atoms with van der Waals surface area (Å²) in [6.07, 6.45) is 2.87. The van der Waals surface area contributed by atoms with Gasteiger partial charge in [-0.05, 0) is 0 Å². The molecule has 0 atom stereocenters. The molecule has 0 aromatic heterocycles. The van der Waals surface area contributed by atoms with Crippen LogP contribution >= 0.6 is 0 Å². The second kappa shape index (κ2) is 10.6. The maximum absolute atomic E-state index is 2.38. The van der Waals surface area contributed by atoms with E-state index in [0.717, 1.165) is 11.8 Å². The zero-order valence-corrected chi connectivity index (χ0v) is 11.4. The molecule has 0 aliphatic carbocycles. The van der Waals surface area contributed by atoms with Crippen LogP contribution in [-0.2, 0) is 0 Å². The van der Waals surface area contributed by atoms with Crippen molar-refractivity contribution in [2.45, 2.75) is 63.3 Å². The summed E-state index contributed by atoms with van der Waals surface area (Å²) in [5, 5.41) is 4.73. The van der Waals surface area contributed by atoms with Crippen molar-refractivity contribution >= 4 is 33.0 Å². The van der Waals surface area contributed by atoms with E-state index in [1.807, 2.05) is 0 Å². The van der Waals surface area contributed by atoms with Crippen LogP contribution in [0.4, 0.5) is 0 Å². The van der Waals surface area contributed by atoms with E-state index >= 15 is 0 Å². The summed E-state index contributed by atoms with van der Waals surface area (Å²) in [5.41, 5.74) is 0. The predicted octanol–water partition coefficient (Wildman–Crippen LogP) is 3.94. The van der Waals surface area contributed by atoms with Gasteiger partial charge in [-0.25, -0.2) is 0 Å². The number of hydrogen-bond acceptors (Lipinski definition) is 0. The van der Waals surface area contributed by atoms with Crippen molar-refractivity contribution in [3.8, 4) is 0 Å². The molecule has 0 spiro atoms. The van der Waals surface area contributed by atoms with Gasteiger partial charge in [0.2, 0.25) is 0 Å². The van der Waals surface area contributed by atoms with E-state index in [0.29, 0.717) is 0 Å². The molecule has 0 saturated carbocycles. The van der Waals surface area contributed by atoms with Crippen molar-refractivity contribution < 1.29 is 0 Å². The Bertz CT molecular complexity index is 103. The third-order valence-electron chi connectivity index (χ3n) is 2.58. The van der Waals surface area contributed by atoms with Crippen LogP contribution < -0.4 is 0 Å². The molecule has 0 aromatic carbocycles. The van der Waals surface area contributed by atoms with Gasteiger partial charge in [-0.2, -0.15) is 0 Å². The molecule has 0 heterocycles. The molecule has 0 fully saturated rings. The van der Waals surface area contributed by atoms with Crippen molar-refractivity contribution in [1.29, 1.82) is 0 Å². The van der Waals surface area contributed by atoms with Crippen LogP contribution in [-0.4, -0.2) is 33.0 Å². The molecule has 2 heteroatoms. The summed E-state index contributed by atoms with van der Waals surface area (Å²) in [5.74, 6) is 1.87. The third kappa shape index (κ3) is 11.2. The Morgan fingerprint density at radius 2 is 1.36 bits per heavy atom. The summed E-state index contributed by atoms with van der Waals surface area (Å²) < 4.78 is 0. The van der Waals surface area contributed by atoms with Gasteiger partial charge in [-0.3, -0.25) is 0 Å². The van der Waals surface area contributed by atoms with Crippen LogP contribution in [0.25, 0.3) is 0 Å². The fraction of sp³-hybridized carbons (Fsp3) is 1.00. The molecule has 0 bridgehead atoms. The van der Waals surface area contributed by atoms with Gasteiger partial charge in [0.25, 0.3) is 14.1 Å². The van der Waals surface area contributed by atoms with Crippen LogP contribution in [0.15, 0.2) is 0 Å². The van der Waals surface area contributed by atoms with Gasteiger partial charge in [-0.1, -0.05) is 75.1 Å². The van der Waals surface area contributed by atoms with E-state index in [2.05, 4.69) is 34.6 Å². The van der Waals surface area contributed by atoms with Crippen LogP contribution in [0.3, 0.4) is 0 Å². The molecule has 0 nitrogen and oxygen atoms in total. The van der Waals surface area contributed by atoms with Crippen molar-refractivity contribution in [2.75, 3.05) is 0 Å². The fourth-order valence-electron chi connectivity index (χ4n) is 2.16. The van der Waals surface area contributed by atoms with Gasteiger partial charge >= 0.3 is 18.9 Å². The van der Waals surface area contributed by atoms with E-state index in [4.69, 9.17) is 0 Å². The van der Waals surface area contributed by atoms with E-state index in [1.54, 1.807) is 15.8 Å². The molecule has 0 unspecified atom stereocenters. The van der Waals surface area contributed by atoms with Gasteiger partial charge in [0.1, 0.15) is 0 Å². The molecule has 0 radical (unpaired) electrons. The third-order valence-corrected chi connectivity index (χ3v) is 7.02. The Labute approximate surface area is 108 Å². The Kier molecular flexibility index (Phi) is 13.3. The first-order valence-electron chi connectivity index (χ1n) is 6.06. The molecule has 0 aromatic rings. The van der Waals surface area contributed by atoms with Gasteiger partial charge in [0, 0.05) is 0 Å². The summed E-state index contributed by atoms with van der Waals surface area (Å²) in [6, 6.07) is 0. The molecule has 0 aliphatic rings. The van der Waals surface area contributed by atoms with Crippen LogP contribution in [0, 0.1) is 11.8 Å². The topological polar surface area (TPSA) is 0 Å². The number of rotatable bonds is 7. The fourth-order valence-corrected chi connectivity index (χ4v) is 6.47. The van der Waals surface area contributed by atoms with Crippen LogP contribution in [0.5, 0.6) is 0 Å². The first kappa shape index (κ1) is 17.5. The second-order valence-electron chi connectivity index (χ2n) is 5.27. The average molecular weight is 206 g/mol. The quantitative estimate of drug-likeness (QED) is 0.553. The Balaban J connectivity index is 0. The second-order valence-corrected chi connectivity index (χ2v) is 8.52. The molecule has 0 aliphatic heterocycles. The first-order chi connectivity index (χ1) is 6.06. The van der Waals surface area contributed by atoms with Gasteiger partial charge in [0.15, 0.2) is 0 Å². The van der Waals surface area contributed by atoms with Crippen molar-refractivity contribution in [3.05, 3.63) is 0 Å². The van der Waals surface area contributed by atoms with Gasteiger partial charge < -0.3 is 0 Å². The standard InChI is InChI=1S/3C4H9.Al.Li.H/c2*1-4(2)3;1-3-4-2;;;/h2*4H,1H2,2-3H3;1,3-4H2,2H3;;;. The number of hydrogen-bond donors (Lipinski definition) is 0. The zero-order valence-electron chi connectivity index (χ0n) is 10.3. The average Bonchev–Trinajstić information content (AvgIpc) is 1.98. The van der Waals surface area contributed by atoms with Gasteiger partial charge in [0.05, 0.1) is 0 Å². The minimum absolute atomic E-state index is 0. The molecule has 80 valence electrons. The summed E-state index contributed by atoms with van der Waals surface area (Å²) in [4.78, 5) is 0. The van der Waals surface area contributed by atoms with E-state index in [9.17, 15) is 0 Å². The molecule has 0 N–H and O–H groups in total. The summed E-state index contributed by atoms with van der Waals surface area (Å²) >= 11 is -0.367. The molecular formula is C12H28AlLi. The summed E-state index contributed by atoms with van der Waals surface area (Å²) in [6.45, 7) is 11.8. The van der Waals surface area contributed by atoms with Gasteiger partial charge in [-0.15, -0.1) is 0 Å². The molecule has 0 saturated heterocycles. The predicted molar refractivity (Wildman–Crippen MR) is 71.9 cm³/mol. The maximum atomic E-state index is 2.38. The van der Waals surface area contributed by atoms with Crippen LogP contribution in [0.2, 0.25) is 15.8 Å². The zero-order chi connectivity index (χ0) is 10.3. The Morgan fingerprint density at radius 3 is 1.64 bits per heavy atom. The molecule has 0 rings (SSSR count).